The van der Waals surface area contributed by atoms with Crippen LogP contribution in [0.25, 0.3) is 0 Å². The van der Waals surface area contributed by atoms with E-state index in [0.29, 0.717) is 18.9 Å². The minimum Gasteiger partial charge on any atom is -0.480 e. The van der Waals surface area contributed by atoms with Gasteiger partial charge in [0.05, 0.1) is 0 Å². The van der Waals surface area contributed by atoms with Gasteiger partial charge in [-0.1, -0.05) is 60.7 Å². The summed E-state index contributed by atoms with van der Waals surface area (Å²) < 4.78 is 0. The van der Waals surface area contributed by atoms with E-state index in [0.717, 1.165) is 25.9 Å². The Balaban J connectivity index is 1.73. The molecule has 3 rings (SSSR count). The van der Waals surface area contributed by atoms with Crippen LogP contribution in [0.15, 0.2) is 60.7 Å². The van der Waals surface area contributed by atoms with Gasteiger partial charge in [0.25, 0.3) is 0 Å². The zero-order chi connectivity index (χ0) is 17.7. The molecule has 0 saturated heterocycles. The molecule has 2 aromatic carbocycles. The Kier molecular flexibility index (Phi) is 5.51. The smallest absolute Gasteiger partial charge is 0.323 e. The van der Waals surface area contributed by atoms with Gasteiger partial charge in [-0.3, -0.25) is 9.69 Å². The lowest BCUT2D eigenvalue weighted by molar-refractivity contribution is -0.145. The lowest BCUT2D eigenvalue weighted by Crippen LogP contribution is -2.53. The largest absolute Gasteiger partial charge is 0.480 e. The van der Waals surface area contributed by atoms with Crippen LogP contribution in [0.2, 0.25) is 0 Å². The van der Waals surface area contributed by atoms with Crippen LogP contribution >= 0.6 is 0 Å². The van der Waals surface area contributed by atoms with Crippen molar-refractivity contribution >= 4 is 5.97 Å². The second-order valence-electron chi connectivity index (χ2n) is 7.07. The summed E-state index contributed by atoms with van der Waals surface area (Å²) in [5.74, 6) is -0.872. The van der Waals surface area contributed by atoms with Crippen molar-refractivity contribution < 1.29 is 9.90 Å². The first-order valence-corrected chi connectivity index (χ1v) is 8.91. The summed E-state index contributed by atoms with van der Waals surface area (Å²) in [6.45, 7) is 1.73. The molecule has 4 heteroatoms. The number of rotatable bonds is 6. The molecular formula is C21H26N2O2. The molecule has 1 aliphatic carbocycles. The van der Waals surface area contributed by atoms with Crippen molar-refractivity contribution in [3.8, 4) is 0 Å². The number of aliphatic carboxylic acids is 1. The van der Waals surface area contributed by atoms with Crippen LogP contribution in [0, 0.1) is 0 Å². The first kappa shape index (κ1) is 17.6. The molecule has 0 radical (unpaired) electrons. The van der Waals surface area contributed by atoms with Gasteiger partial charge in [-0.05, 0) is 36.8 Å². The lowest BCUT2D eigenvalue weighted by atomic mass is 9.79. The third-order valence-electron chi connectivity index (χ3n) is 5.25. The van der Waals surface area contributed by atoms with E-state index in [1.807, 2.05) is 12.1 Å². The molecule has 0 aliphatic heterocycles. The third-order valence-corrected chi connectivity index (χ3v) is 5.25. The molecule has 3 N–H and O–H groups in total. The summed E-state index contributed by atoms with van der Waals surface area (Å²) in [5, 5.41) is 9.35. The maximum Gasteiger partial charge on any atom is 0.323 e. The van der Waals surface area contributed by atoms with Crippen LogP contribution in [0.4, 0.5) is 0 Å². The molecule has 1 saturated carbocycles. The molecule has 0 amide bonds. The van der Waals surface area contributed by atoms with E-state index in [1.54, 1.807) is 0 Å². The fraction of sp³-hybridized carbons (Fsp3) is 0.381. The molecule has 2 aromatic rings. The van der Waals surface area contributed by atoms with E-state index >= 15 is 0 Å². The number of carboxylic acids is 1. The summed E-state index contributed by atoms with van der Waals surface area (Å²) in [6.07, 6.45) is 2.71. The SMILES string of the molecule is NC1(C(=O)O)CCC(N(Cc2ccccc2)Cc2ccccc2)CC1. The molecule has 25 heavy (non-hydrogen) atoms. The number of carboxylic acid groups (broad SMARTS) is 1. The summed E-state index contributed by atoms with van der Waals surface area (Å²) >= 11 is 0. The van der Waals surface area contributed by atoms with Crippen molar-refractivity contribution in [3.05, 3.63) is 71.8 Å². The molecular weight excluding hydrogens is 312 g/mol. The molecule has 132 valence electrons. The summed E-state index contributed by atoms with van der Waals surface area (Å²) in [4.78, 5) is 13.9. The van der Waals surface area contributed by atoms with Gasteiger partial charge in [0.1, 0.15) is 5.54 Å². The molecule has 0 unspecified atom stereocenters. The predicted molar refractivity (Wildman–Crippen MR) is 98.9 cm³/mol. The zero-order valence-electron chi connectivity index (χ0n) is 14.5. The highest BCUT2D eigenvalue weighted by molar-refractivity contribution is 5.78. The highest BCUT2D eigenvalue weighted by Crippen LogP contribution is 2.31. The van der Waals surface area contributed by atoms with Gasteiger partial charge in [0, 0.05) is 19.1 Å². The second kappa shape index (κ2) is 7.81. The predicted octanol–water partition coefficient (Wildman–Crippen LogP) is 3.41. The molecule has 0 heterocycles. The van der Waals surface area contributed by atoms with Crippen molar-refractivity contribution in [2.24, 2.45) is 5.73 Å². The standard InChI is InChI=1S/C21H26N2O2/c22-21(20(24)25)13-11-19(12-14-21)23(15-17-7-3-1-4-8-17)16-18-9-5-2-6-10-18/h1-10,19H,11-16,22H2,(H,24,25). The van der Waals surface area contributed by atoms with Gasteiger partial charge >= 0.3 is 5.97 Å². The average Bonchev–Trinajstić information content (AvgIpc) is 2.63. The molecule has 1 fully saturated rings. The molecule has 4 nitrogen and oxygen atoms in total. The van der Waals surface area contributed by atoms with Crippen LogP contribution < -0.4 is 5.73 Å². The number of benzene rings is 2. The van der Waals surface area contributed by atoms with Gasteiger partial charge in [-0.25, -0.2) is 0 Å². The van der Waals surface area contributed by atoms with E-state index in [2.05, 4.69) is 53.4 Å². The van der Waals surface area contributed by atoms with E-state index in [9.17, 15) is 9.90 Å². The van der Waals surface area contributed by atoms with E-state index in [1.165, 1.54) is 11.1 Å². The Morgan fingerprint density at radius 2 is 1.40 bits per heavy atom. The van der Waals surface area contributed by atoms with Crippen LogP contribution in [0.3, 0.4) is 0 Å². The lowest BCUT2D eigenvalue weighted by Gasteiger charge is -2.39. The van der Waals surface area contributed by atoms with Crippen LogP contribution in [0.5, 0.6) is 0 Å². The van der Waals surface area contributed by atoms with Gasteiger partial charge in [-0.2, -0.15) is 0 Å². The fourth-order valence-electron chi connectivity index (χ4n) is 3.65. The van der Waals surface area contributed by atoms with Gasteiger partial charge in [-0.15, -0.1) is 0 Å². The zero-order valence-corrected chi connectivity index (χ0v) is 14.5. The van der Waals surface area contributed by atoms with Gasteiger partial charge < -0.3 is 10.8 Å². The van der Waals surface area contributed by atoms with Crippen LogP contribution in [0.1, 0.15) is 36.8 Å². The van der Waals surface area contributed by atoms with Crippen molar-refractivity contribution in [1.29, 1.82) is 0 Å². The normalized spacial score (nSPS) is 23.5. The molecule has 0 bridgehead atoms. The summed E-state index contributed by atoms with van der Waals surface area (Å²) in [7, 11) is 0. The molecule has 0 atom stereocenters. The number of nitrogens with zero attached hydrogens (tertiary/aromatic N) is 1. The first-order chi connectivity index (χ1) is 12.1. The van der Waals surface area contributed by atoms with Gasteiger partial charge in [0.2, 0.25) is 0 Å². The van der Waals surface area contributed by atoms with Crippen LogP contribution in [-0.2, 0) is 17.9 Å². The summed E-state index contributed by atoms with van der Waals surface area (Å²) in [6, 6.07) is 21.2. The van der Waals surface area contributed by atoms with Crippen molar-refractivity contribution in [3.63, 3.8) is 0 Å². The monoisotopic (exact) mass is 338 g/mol. The minimum atomic E-state index is -1.05. The summed E-state index contributed by atoms with van der Waals surface area (Å²) in [5.41, 5.74) is 7.56. The Morgan fingerprint density at radius 1 is 0.960 bits per heavy atom. The fourth-order valence-corrected chi connectivity index (χ4v) is 3.65. The maximum absolute atomic E-state index is 11.4. The number of hydrogen-bond acceptors (Lipinski definition) is 3. The average molecular weight is 338 g/mol. The highest BCUT2D eigenvalue weighted by Gasteiger charge is 2.39. The Hall–Kier alpha value is -2.17. The van der Waals surface area contributed by atoms with Crippen molar-refractivity contribution in [2.75, 3.05) is 0 Å². The van der Waals surface area contributed by atoms with Crippen LogP contribution in [-0.4, -0.2) is 27.6 Å². The van der Waals surface area contributed by atoms with Gasteiger partial charge in [0.15, 0.2) is 0 Å². The highest BCUT2D eigenvalue weighted by atomic mass is 16.4. The van der Waals surface area contributed by atoms with Crippen molar-refractivity contribution in [1.82, 2.24) is 4.90 Å². The Labute approximate surface area is 149 Å². The first-order valence-electron chi connectivity index (χ1n) is 8.91. The second-order valence-corrected chi connectivity index (χ2v) is 7.07. The van der Waals surface area contributed by atoms with E-state index in [-0.39, 0.29) is 0 Å². The quantitative estimate of drug-likeness (QED) is 0.847. The van der Waals surface area contributed by atoms with Crippen molar-refractivity contribution in [2.45, 2.75) is 50.4 Å². The molecule has 1 aliphatic rings. The third kappa shape index (κ3) is 4.47. The Bertz CT molecular complexity index is 638. The minimum absolute atomic E-state index is 0.358. The number of nitrogens with two attached hydrogens (primary N) is 1. The topological polar surface area (TPSA) is 66.6 Å². The number of hydrogen-bond donors (Lipinski definition) is 2. The maximum atomic E-state index is 11.4. The Morgan fingerprint density at radius 3 is 1.80 bits per heavy atom. The van der Waals surface area contributed by atoms with E-state index < -0.39 is 11.5 Å². The van der Waals surface area contributed by atoms with E-state index in [4.69, 9.17) is 5.73 Å². The molecule has 0 spiro atoms. The number of carbonyl (C=O) groups is 1. The molecule has 0 aromatic heterocycles.